The molecule has 1 unspecified atom stereocenters. The molecule has 0 saturated carbocycles. The van der Waals surface area contributed by atoms with E-state index in [9.17, 15) is 4.79 Å². The summed E-state index contributed by atoms with van der Waals surface area (Å²) in [4.78, 5) is 28.1. The molecule has 0 radical (unpaired) electrons. The Kier molecular flexibility index (Phi) is 2.81. The molecule has 7 heteroatoms. The van der Waals surface area contributed by atoms with Gasteiger partial charge in [-0.1, -0.05) is 0 Å². The molecule has 2 aromatic heterocycles. The van der Waals surface area contributed by atoms with Gasteiger partial charge >= 0.3 is 0 Å². The Labute approximate surface area is 122 Å². The molecule has 0 aliphatic carbocycles. The Hall–Kier alpha value is -2.15. The molecule has 3 N–H and O–H groups in total. The molecular weight excluding hydrogens is 268 g/mol. The number of H-pyrrole nitrogens is 1. The number of amides is 1. The molecule has 2 bridgehead atoms. The van der Waals surface area contributed by atoms with Gasteiger partial charge in [0.1, 0.15) is 17.8 Å². The Morgan fingerprint density at radius 2 is 2.10 bits per heavy atom. The van der Waals surface area contributed by atoms with Gasteiger partial charge in [0.05, 0.1) is 11.9 Å². The lowest BCUT2D eigenvalue weighted by atomic mass is 10.1. The number of carbonyl (C=O) groups excluding carboxylic acids is 1. The maximum atomic E-state index is 12.0. The number of nitrogens with two attached hydrogens (primary N) is 1. The maximum Gasteiger partial charge on any atom is 0.236 e. The predicted molar refractivity (Wildman–Crippen MR) is 78.8 cm³/mol. The summed E-state index contributed by atoms with van der Waals surface area (Å²) in [7, 11) is 0. The van der Waals surface area contributed by atoms with Crippen LogP contribution in [-0.4, -0.2) is 57.5 Å². The molecule has 4 heterocycles. The molecule has 2 aliphatic rings. The minimum absolute atomic E-state index is 0.0663. The average Bonchev–Trinajstić information content (AvgIpc) is 3.08. The van der Waals surface area contributed by atoms with Crippen molar-refractivity contribution in [1.29, 1.82) is 0 Å². The lowest BCUT2D eigenvalue weighted by molar-refractivity contribution is -0.132. The minimum Gasteiger partial charge on any atom is -0.352 e. The Morgan fingerprint density at radius 1 is 1.33 bits per heavy atom. The van der Waals surface area contributed by atoms with Crippen LogP contribution in [-0.2, 0) is 4.79 Å². The summed E-state index contributed by atoms with van der Waals surface area (Å²) >= 11 is 0. The summed E-state index contributed by atoms with van der Waals surface area (Å²) in [6, 6.07) is 2.51. The van der Waals surface area contributed by atoms with E-state index in [1.54, 1.807) is 6.33 Å². The SMILES string of the molecule is NCC(=O)N1C2CC[C@H]1CN(c1ncnc3[nH]ccc13)C2. The van der Waals surface area contributed by atoms with Crippen molar-refractivity contribution >= 4 is 22.8 Å². The molecule has 2 aromatic rings. The topological polar surface area (TPSA) is 91.1 Å². The number of nitrogens with zero attached hydrogens (tertiary/aromatic N) is 4. The average molecular weight is 286 g/mol. The van der Waals surface area contributed by atoms with Crippen molar-refractivity contribution in [3.8, 4) is 0 Å². The van der Waals surface area contributed by atoms with Gasteiger partial charge in [-0.2, -0.15) is 0 Å². The van der Waals surface area contributed by atoms with Crippen LogP contribution in [0.15, 0.2) is 18.6 Å². The molecule has 7 nitrogen and oxygen atoms in total. The number of fused-ring (bicyclic) bond motifs is 3. The van der Waals surface area contributed by atoms with Crippen molar-refractivity contribution in [2.75, 3.05) is 24.5 Å². The first-order valence-electron chi connectivity index (χ1n) is 7.32. The quantitative estimate of drug-likeness (QED) is 0.817. The first kappa shape index (κ1) is 12.6. The molecule has 2 aliphatic heterocycles. The van der Waals surface area contributed by atoms with Gasteiger partial charge in [-0.25, -0.2) is 9.97 Å². The number of aromatic nitrogens is 3. The molecule has 2 atom stereocenters. The van der Waals surface area contributed by atoms with Gasteiger partial charge in [0.2, 0.25) is 5.91 Å². The van der Waals surface area contributed by atoms with Crippen molar-refractivity contribution < 1.29 is 4.79 Å². The molecule has 110 valence electrons. The van der Waals surface area contributed by atoms with Gasteiger partial charge in [-0.3, -0.25) is 4.79 Å². The highest BCUT2D eigenvalue weighted by Crippen LogP contribution is 2.33. The smallest absolute Gasteiger partial charge is 0.236 e. The number of piperazine rings is 1. The van der Waals surface area contributed by atoms with Crippen LogP contribution in [0.1, 0.15) is 12.8 Å². The van der Waals surface area contributed by atoms with Crippen LogP contribution in [0.4, 0.5) is 5.82 Å². The number of aromatic amines is 1. The predicted octanol–water partition coefficient (Wildman–Crippen LogP) is 0.0962. The highest BCUT2D eigenvalue weighted by Gasteiger charge is 2.42. The van der Waals surface area contributed by atoms with Gasteiger partial charge in [-0.05, 0) is 18.9 Å². The molecule has 4 rings (SSSR count). The zero-order chi connectivity index (χ0) is 14.4. The van der Waals surface area contributed by atoms with E-state index in [4.69, 9.17) is 5.73 Å². The zero-order valence-electron chi connectivity index (χ0n) is 11.7. The molecule has 1 amide bonds. The summed E-state index contributed by atoms with van der Waals surface area (Å²) in [5.41, 5.74) is 6.39. The number of carbonyl (C=O) groups is 1. The van der Waals surface area contributed by atoms with E-state index >= 15 is 0 Å². The van der Waals surface area contributed by atoms with E-state index in [1.807, 2.05) is 17.2 Å². The standard InChI is InChI=1S/C14H18N6O/c15-5-12(21)20-9-1-2-10(20)7-19(6-9)14-11-3-4-16-13(11)17-8-18-14/h3-4,8-10H,1-2,5-7,15H2,(H,16,17,18)/t9-,10?/m0/s1. The molecule has 21 heavy (non-hydrogen) atoms. The van der Waals surface area contributed by atoms with Crippen molar-refractivity contribution in [3.05, 3.63) is 18.6 Å². The van der Waals surface area contributed by atoms with Crippen LogP contribution >= 0.6 is 0 Å². The first-order valence-corrected chi connectivity index (χ1v) is 7.32. The van der Waals surface area contributed by atoms with Crippen LogP contribution in [0.3, 0.4) is 0 Å². The van der Waals surface area contributed by atoms with Gasteiger partial charge in [0.15, 0.2) is 0 Å². The summed E-state index contributed by atoms with van der Waals surface area (Å²) < 4.78 is 0. The molecule has 2 fully saturated rings. The number of hydrogen-bond donors (Lipinski definition) is 2. The van der Waals surface area contributed by atoms with E-state index in [2.05, 4.69) is 19.9 Å². The fourth-order valence-corrected chi connectivity index (χ4v) is 3.70. The summed E-state index contributed by atoms with van der Waals surface area (Å²) in [6.07, 6.45) is 5.57. The van der Waals surface area contributed by atoms with E-state index in [-0.39, 0.29) is 24.5 Å². The van der Waals surface area contributed by atoms with Gasteiger partial charge in [0.25, 0.3) is 0 Å². The fraction of sp³-hybridized carbons (Fsp3) is 0.500. The van der Waals surface area contributed by atoms with Crippen LogP contribution in [0, 0.1) is 0 Å². The second kappa shape index (κ2) is 4.70. The van der Waals surface area contributed by atoms with Crippen LogP contribution < -0.4 is 10.6 Å². The van der Waals surface area contributed by atoms with Crippen LogP contribution in [0.5, 0.6) is 0 Å². The second-order valence-electron chi connectivity index (χ2n) is 5.73. The second-order valence-corrected chi connectivity index (χ2v) is 5.73. The van der Waals surface area contributed by atoms with Gasteiger partial charge < -0.3 is 20.5 Å². The Balaban J connectivity index is 1.65. The third kappa shape index (κ3) is 1.88. The van der Waals surface area contributed by atoms with E-state index in [0.717, 1.165) is 42.8 Å². The van der Waals surface area contributed by atoms with Crippen molar-refractivity contribution in [2.45, 2.75) is 24.9 Å². The largest absolute Gasteiger partial charge is 0.352 e. The van der Waals surface area contributed by atoms with E-state index in [1.165, 1.54) is 0 Å². The van der Waals surface area contributed by atoms with Crippen LogP contribution in [0.2, 0.25) is 0 Å². The third-order valence-electron chi connectivity index (χ3n) is 4.58. The highest BCUT2D eigenvalue weighted by atomic mass is 16.2. The van der Waals surface area contributed by atoms with E-state index < -0.39 is 0 Å². The zero-order valence-corrected chi connectivity index (χ0v) is 11.7. The number of hydrogen-bond acceptors (Lipinski definition) is 5. The number of anilines is 1. The Morgan fingerprint density at radius 3 is 2.81 bits per heavy atom. The van der Waals surface area contributed by atoms with Gasteiger partial charge in [0, 0.05) is 31.4 Å². The van der Waals surface area contributed by atoms with Crippen molar-refractivity contribution in [2.24, 2.45) is 5.73 Å². The monoisotopic (exact) mass is 286 g/mol. The van der Waals surface area contributed by atoms with Crippen molar-refractivity contribution in [3.63, 3.8) is 0 Å². The molecule has 0 aromatic carbocycles. The van der Waals surface area contributed by atoms with Crippen LogP contribution in [0.25, 0.3) is 11.0 Å². The fourth-order valence-electron chi connectivity index (χ4n) is 3.70. The third-order valence-corrected chi connectivity index (χ3v) is 4.58. The summed E-state index contributed by atoms with van der Waals surface area (Å²) in [5, 5.41) is 1.04. The molecule has 2 saturated heterocycles. The summed E-state index contributed by atoms with van der Waals surface area (Å²) in [6.45, 7) is 1.74. The first-order chi connectivity index (χ1) is 10.3. The van der Waals surface area contributed by atoms with Crippen molar-refractivity contribution in [1.82, 2.24) is 19.9 Å². The highest BCUT2D eigenvalue weighted by molar-refractivity contribution is 5.87. The maximum absolute atomic E-state index is 12.0. The number of nitrogens with one attached hydrogen (secondary N) is 1. The van der Waals surface area contributed by atoms with E-state index in [0.29, 0.717) is 0 Å². The minimum atomic E-state index is 0.0663. The van der Waals surface area contributed by atoms with Gasteiger partial charge in [-0.15, -0.1) is 0 Å². The number of rotatable bonds is 2. The lowest BCUT2D eigenvalue weighted by Crippen LogP contribution is -2.57. The summed E-state index contributed by atoms with van der Waals surface area (Å²) in [5.74, 6) is 1.02. The molecule has 0 spiro atoms. The Bertz CT molecular complexity index is 669. The lowest BCUT2D eigenvalue weighted by Gasteiger charge is -2.41. The molecular formula is C14H18N6O. The normalized spacial score (nSPS) is 24.8.